The molecule has 1 aliphatic carbocycles. The Morgan fingerprint density at radius 2 is 2.00 bits per heavy atom. The van der Waals surface area contributed by atoms with Crippen LogP contribution in [-0.4, -0.2) is 16.9 Å². The van der Waals surface area contributed by atoms with E-state index in [9.17, 15) is 9.59 Å². The normalized spacial score (nSPS) is 15.4. The maximum atomic E-state index is 12.5. The van der Waals surface area contributed by atoms with Gasteiger partial charge in [0, 0.05) is 21.5 Å². The van der Waals surface area contributed by atoms with Gasteiger partial charge in [0.15, 0.2) is 5.11 Å². The monoisotopic (exact) mass is 555 g/mol. The van der Waals surface area contributed by atoms with E-state index >= 15 is 0 Å². The number of benzene rings is 1. The molecule has 0 spiro atoms. The summed E-state index contributed by atoms with van der Waals surface area (Å²) in [6.45, 7) is 8.66. The van der Waals surface area contributed by atoms with Crippen LogP contribution in [0.25, 0.3) is 17.4 Å². The minimum Gasteiger partial charge on any atom is -0.457 e. The maximum Gasteiger partial charge on any atom is 0.251 e. The third-order valence-corrected chi connectivity index (χ3v) is 8.46. The van der Waals surface area contributed by atoms with Crippen LogP contribution < -0.4 is 16.4 Å². The molecule has 194 valence electrons. The summed E-state index contributed by atoms with van der Waals surface area (Å²) in [5.74, 6) is 0.758. The number of thiophene rings is 1. The predicted molar refractivity (Wildman–Crippen MR) is 155 cm³/mol. The summed E-state index contributed by atoms with van der Waals surface area (Å²) in [6, 6.07) is 9.28. The fraction of sp³-hybridized carbons (Fsp3) is 0.321. The fourth-order valence-electron chi connectivity index (χ4n) is 4.46. The number of nitrogens with two attached hydrogens (primary N) is 1. The number of anilines is 1. The zero-order valence-corrected chi connectivity index (χ0v) is 23.6. The van der Waals surface area contributed by atoms with Gasteiger partial charge in [0.2, 0.25) is 5.91 Å². The van der Waals surface area contributed by atoms with Gasteiger partial charge in [-0.05, 0) is 85.1 Å². The molecule has 0 saturated carbocycles. The van der Waals surface area contributed by atoms with E-state index in [1.807, 2.05) is 31.2 Å². The largest absolute Gasteiger partial charge is 0.457 e. The van der Waals surface area contributed by atoms with Gasteiger partial charge in [-0.3, -0.25) is 14.9 Å². The lowest BCUT2D eigenvalue weighted by molar-refractivity contribution is -0.115. The SMILES string of the molecule is Cc1ccc(-c2ccc(/C=C/C(=O)NC(=S)Nc3sc4c(c3C(N)=O)CC[C@H](C(C)(C)C)C4)o2)cc1Cl. The van der Waals surface area contributed by atoms with E-state index in [0.29, 0.717) is 33.0 Å². The first kappa shape index (κ1) is 27.1. The highest BCUT2D eigenvalue weighted by atomic mass is 35.5. The molecule has 2 aromatic heterocycles. The van der Waals surface area contributed by atoms with Crippen molar-refractivity contribution in [3.8, 4) is 11.3 Å². The zero-order chi connectivity index (χ0) is 26.9. The lowest BCUT2D eigenvalue weighted by atomic mass is 9.72. The van der Waals surface area contributed by atoms with Crippen LogP contribution in [-0.2, 0) is 17.6 Å². The zero-order valence-electron chi connectivity index (χ0n) is 21.2. The molecular formula is C28H30ClN3O3S2. The minimum absolute atomic E-state index is 0.0950. The first-order chi connectivity index (χ1) is 17.4. The minimum atomic E-state index is -0.494. The molecule has 9 heteroatoms. The van der Waals surface area contributed by atoms with Gasteiger partial charge in [0.1, 0.15) is 16.5 Å². The Morgan fingerprint density at radius 3 is 2.68 bits per heavy atom. The molecule has 0 radical (unpaired) electrons. The number of halogens is 1. The average Bonchev–Trinajstić information content (AvgIpc) is 3.42. The van der Waals surface area contributed by atoms with Gasteiger partial charge in [0.25, 0.3) is 5.91 Å². The Bertz CT molecular complexity index is 1400. The van der Waals surface area contributed by atoms with Crippen molar-refractivity contribution in [2.45, 2.75) is 47.0 Å². The summed E-state index contributed by atoms with van der Waals surface area (Å²) in [4.78, 5) is 25.9. The maximum absolute atomic E-state index is 12.5. The van der Waals surface area contributed by atoms with E-state index in [1.54, 1.807) is 12.1 Å². The van der Waals surface area contributed by atoms with E-state index in [0.717, 1.165) is 40.8 Å². The van der Waals surface area contributed by atoms with Crippen LogP contribution >= 0.6 is 35.2 Å². The molecule has 6 nitrogen and oxygen atoms in total. The second kappa shape index (κ2) is 10.8. The molecular weight excluding hydrogens is 526 g/mol. The molecule has 4 N–H and O–H groups in total. The molecule has 1 aromatic carbocycles. The summed E-state index contributed by atoms with van der Waals surface area (Å²) in [7, 11) is 0. The Labute approximate surface area is 231 Å². The smallest absolute Gasteiger partial charge is 0.251 e. The van der Waals surface area contributed by atoms with Crippen molar-refractivity contribution in [1.82, 2.24) is 5.32 Å². The summed E-state index contributed by atoms with van der Waals surface area (Å²) in [5.41, 5.74) is 9.20. The van der Waals surface area contributed by atoms with Gasteiger partial charge in [0.05, 0.1) is 5.56 Å². The molecule has 2 amide bonds. The number of thiocarbonyl (C=S) groups is 1. The first-order valence-corrected chi connectivity index (χ1v) is 13.6. The van der Waals surface area contributed by atoms with Crippen LogP contribution in [0.5, 0.6) is 0 Å². The summed E-state index contributed by atoms with van der Waals surface area (Å²) >= 11 is 13.0. The molecule has 2 heterocycles. The number of carbonyl (C=O) groups excluding carboxylic acids is 2. The van der Waals surface area contributed by atoms with Crippen molar-refractivity contribution < 1.29 is 14.0 Å². The predicted octanol–water partition coefficient (Wildman–Crippen LogP) is 6.75. The molecule has 0 aliphatic heterocycles. The molecule has 0 bridgehead atoms. The molecule has 1 atom stereocenters. The van der Waals surface area contributed by atoms with Crippen molar-refractivity contribution in [3.63, 3.8) is 0 Å². The van der Waals surface area contributed by atoms with Gasteiger partial charge in [-0.15, -0.1) is 11.3 Å². The highest BCUT2D eigenvalue weighted by Gasteiger charge is 2.33. The number of hydrogen-bond donors (Lipinski definition) is 3. The van der Waals surface area contributed by atoms with Gasteiger partial charge >= 0.3 is 0 Å². The van der Waals surface area contributed by atoms with Gasteiger partial charge in [-0.2, -0.15) is 0 Å². The van der Waals surface area contributed by atoms with Crippen molar-refractivity contribution in [2.75, 3.05) is 5.32 Å². The molecule has 0 fully saturated rings. The summed E-state index contributed by atoms with van der Waals surface area (Å²) in [5, 5.41) is 6.97. The van der Waals surface area contributed by atoms with Crippen LogP contribution in [0.15, 0.2) is 40.8 Å². The topological polar surface area (TPSA) is 97.4 Å². The second-order valence-corrected chi connectivity index (χ2v) is 12.2. The van der Waals surface area contributed by atoms with Crippen molar-refractivity contribution in [2.24, 2.45) is 17.1 Å². The number of amides is 2. The van der Waals surface area contributed by atoms with Crippen LogP contribution in [0.2, 0.25) is 5.02 Å². The molecule has 0 saturated heterocycles. The Morgan fingerprint density at radius 1 is 1.24 bits per heavy atom. The Balaban J connectivity index is 1.40. The molecule has 1 aliphatic rings. The number of furan rings is 1. The average molecular weight is 556 g/mol. The van der Waals surface area contributed by atoms with Crippen LogP contribution in [0.4, 0.5) is 5.00 Å². The third-order valence-electron chi connectivity index (χ3n) is 6.68. The molecule has 4 rings (SSSR count). The first-order valence-electron chi connectivity index (χ1n) is 12.0. The van der Waals surface area contributed by atoms with Crippen molar-refractivity contribution in [3.05, 3.63) is 68.8 Å². The number of aryl methyl sites for hydroxylation is 1. The fourth-order valence-corrected chi connectivity index (χ4v) is 6.25. The van der Waals surface area contributed by atoms with Crippen LogP contribution in [0.1, 0.15) is 59.3 Å². The van der Waals surface area contributed by atoms with Crippen molar-refractivity contribution >= 4 is 63.2 Å². The highest BCUT2D eigenvalue weighted by Crippen LogP contribution is 2.44. The standard InChI is InChI=1S/C28H30ClN3O3S2/c1-15-5-6-16(13-20(15)29)21-11-8-18(35-21)9-12-23(33)31-27(36)32-26-24(25(30)34)19-10-7-17(28(2,3)4)14-22(19)37-26/h5-6,8-9,11-13,17H,7,10,14H2,1-4H3,(H2,30,34)(H2,31,32,33,36)/b12-9+/t17-/m0/s1. The molecule has 37 heavy (non-hydrogen) atoms. The Hall–Kier alpha value is -2.94. The second-order valence-electron chi connectivity index (χ2n) is 10.3. The van der Waals surface area contributed by atoms with E-state index in [2.05, 4.69) is 31.4 Å². The van der Waals surface area contributed by atoms with Crippen LogP contribution in [0.3, 0.4) is 0 Å². The number of primary amides is 1. The number of hydrogen-bond acceptors (Lipinski definition) is 5. The molecule has 0 unspecified atom stereocenters. The van der Waals surface area contributed by atoms with Crippen LogP contribution in [0, 0.1) is 18.3 Å². The summed E-state index contributed by atoms with van der Waals surface area (Å²) in [6.07, 6.45) is 5.59. The quantitative estimate of drug-likeness (QED) is 0.239. The highest BCUT2D eigenvalue weighted by molar-refractivity contribution is 7.80. The van der Waals surface area contributed by atoms with E-state index in [4.69, 9.17) is 34.0 Å². The van der Waals surface area contributed by atoms with Gasteiger partial charge in [-0.1, -0.05) is 44.5 Å². The summed E-state index contributed by atoms with van der Waals surface area (Å²) < 4.78 is 5.81. The number of rotatable bonds is 5. The van der Waals surface area contributed by atoms with E-state index < -0.39 is 11.8 Å². The lowest BCUT2D eigenvalue weighted by Crippen LogP contribution is -2.33. The lowest BCUT2D eigenvalue weighted by Gasteiger charge is -2.33. The molecule has 3 aromatic rings. The van der Waals surface area contributed by atoms with E-state index in [1.165, 1.54) is 17.4 Å². The third kappa shape index (κ3) is 6.32. The van der Waals surface area contributed by atoms with Crippen molar-refractivity contribution in [1.29, 1.82) is 0 Å². The number of nitrogens with one attached hydrogen (secondary N) is 2. The van der Waals surface area contributed by atoms with Gasteiger partial charge in [-0.25, -0.2) is 0 Å². The number of fused-ring (bicyclic) bond motifs is 1. The van der Waals surface area contributed by atoms with E-state index in [-0.39, 0.29) is 10.5 Å². The Kier molecular flexibility index (Phi) is 7.92. The van der Waals surface area contributed by atoms with Gasteiger partial charge < -0.3 is 15.5 Å². The number of carbonyl (C=O) groups is 2.